The maximum Gasteiger partial charge on any atom is 0.247 e. The molecule has 0 bridgehead atoms. The zero-order chi connectivity index (χ0) is 43.5. The lowest BCUT2D eigenvalue weighted by atomic mass is 9.83. The summed E-state index contributed by atoms with van der Waals surface area (Å²) in [6.45, 7) is 11.7. The van der Waals surface area contributed by atoms with Crippen molar-refractivity contribution in [3.8, 4) is 0 Å². The summed E-state index contributed by atoms with van der Waals surface area (Å²) in [7, 11) is 6.12. The van der Waals surface area contributed by atoms with E-state index >= 15 is 0 Å². The van der Waals surface area contributed by atoms with Crippen LogP contribution in [0.25, 0.3) is 0 Å². The highest BCUT2D eigenvalue weighted by Gasteiger charge is 2.56. The van der Waals surface area contributed by atoms with E-state index in [0.717, 1.165) is 9.79 Å². The van der Waals surface area contributed by atoms with Gasteiger partial charge in [0.25, 0.3) is 0 Å². The number of carbonyl (C=O) groups is 6. The van der Waals surface area contributed by atoms with Crippen LogP contribution in [0.3, 0.4) is 0 Å². The van der Waals surface area contributed by atoms with Gasteiger partial charge in [-0.3, -0.25) is 28.8 Å². The van der Waals surface area contributed by atoms with Gasteiger partial charge < -0.3 is 51.2 Å². The van der Waals surface area contributed by atoms with Crippen LogP contribution in [0.5, 0.6) is 0 Å². The Balaban J connectivity index is 1.16. The number of anilines is 2. The molecule has 4 aliphatic heterocycles. The average Bonchev–Trinajstić information content (AvgIpc) is 3.53. The lowest BCUT2D eigenvalue weighted by Gasteiger charge is -2.34. The number of nitrogens with one attached hydrogen (secondary N) is 6. The number of benzene rings is 2. The monoisotopic (exact) mass is 866 g/mol. The molecule has 4 saturated heterocycles. The molecular weight excluding hydrogens is 809 g/mol. The molecule has 6 N–H and O–H groups in total. The quantitative estimate of drug-likeness (QED) is 0.161. The van der Waals surface area contributed by atoms with Crippen molar-refractivity contribution in [3.63, 3.8) is 0 Å². The second-order valence-corrected chi connectivity index (χ2v) is 19.4. The zero-order valence-electron chi connectivity index (χ0n) is 35.5. The third kappa shape index (κ3) is 9.63. The summed E-state index contributed by atoms with van der Waals surface area (Å²) in [5, 5.41) is 17.6. The predicted molar refractivity (Wildman–Crippen MR) is 230 cm³/mol. The standard InChI is InChI=1S/C42H58N8O8S2/c1-23(43-7)35(51)47-27-17-19-57-31-21-41(3,4)33(49(31)39(27)55)37(53)45-25-13-9-11-15-29(25)59-60-30-16-12-10-14-26(30)46-38(54)34-42(5,6)22-32-50(34)40(56)28(18-20-58-32)48-36(52)24(2)44-8/h9-16,23-24,27-28,31-34,43-44H,17-22H2,1-8H3,(H,45,53)(H,46,54)(H,47,51)(H,48,52)/t23-,24-,27-,28-,31-,32-,33-,34?/m0/s1. The lowest BCUT2D eigenvalue weighted by Crippen LogP contribution is -2.57. The van der Waals surface area contributed by atoms with E-state index in [-0.39, 0.29) is 48.7 Å². The first kappa shape index (κ1) is 45.3. The first-order valence-electron chi connectivity index (χ1n) is 20.4. The molecule has 326 valence electrons. The van der Waals surface area contributed by atoms with Crippen molar-refractivity contribution in [1.29, 1.82) is 0 Å². The van der Waals surface area contributed by atoms with Gasteiger partial charge in [-0.25, -0.2) is 0 Å². The normalized spacial score (nSPS) is 26.8. The summed E-state index contributed by atoms with van der Waals surface area (Å²) in [6, 6.07) is 10.3. The zero-order valence-corrected chi connectivity index (χ0v) is 37.1. The van der Waals surface area contributed by atoms with Crippen LogP contribution in [0.2, 0.25) is 0 Å². The molecule has 2 aromatic rings. The Morgan fingerprint density at radius 3 is 1.38 bits per heavy atom. The van der Waals surface area contributed by atoms with Crippen LogP contribution in [0, 0.1) is 10.8 Å². The minimum atomic E-state index is -0.875. The number of rotatable bonds is 13. The molecule has 0 aliphatic carbocycles. The van der Waals surface area contributed by atoms with Gasteiger partial charge in [-0.1, -0.05) is 73.5 Å². The van der Waals surface area contributed by atoms with Crippen LogP contribution >= 0.6 is 21.6 Å². The topological polar surface area (TPSA) is 200 Å². The van der Waals surface area contributed by atoms with Crippen LogP contribution in [0.4, 0.5) is 11.4 Å². The van der Waals surface area contributed by atoms with E-state index in [4.69, 9.17) is 9.47 Å². The van der Waals surface area contributed by atoms with E-state index in [1.807, 2.05) is 64.1 Å². The Morgan fingerprint density at radius 2 is 1.02 bits per heavy atom. The first-order valence-corrected chi connectivity index (χ1v) is 22.6. The Morgan fingerprint density at radius 1 is 0.650 bits per heavy atom. The Labute approximate surface area is 359 Å². The van der Waals surface area contributed by atoms with E-state index in [0.29, 0.717) is 37.1 Å². The van der Waals surface area contributed by atoms with Gasteiger partial charge in [-0.15, -0.1) is 0 Å². The molecule has 6 amide bonds. The van der Waals surface area contributed by atoms with E-state index < -0.39 is 59.5 Å². The molecule has 6 rings (SSSR count). The summed E-state index contributed by atoms with van der Waals surface area (Å²) in [5.41, 5.74) is -0.192. The fourth-order valence-electron chi connectivity index (χ4n) is 8.34. The highest BCUT2D eigenvalue weighted by atomic mass is 33.1. The Kier molecular flexibility index (Phi) is 14.2. The van der Waals surface area contributed by atoms with Crippen molar-refractivity contribution in [3.05, 3.63) is 48.5 Å². The number of para-hydroxylation sites is 2. The highest BCUT2D eigenvalue weighted by molar-refractivity contribution is 8.76. The second-order valence-electron chi connectivity index (χ2n) is 17.2. The second kappa shape index (κ2) is 18.8. The minimum Gasteiger partial charge on any atom is -0.358 e. The van der Waals surface area contributed by atoms with Crippen molar-refractivity contribution in [2.45, 2.75) is 126 Å². The van der Waals surface area contributed by atoms with Gasteiger partial charge >= 0.3 is 0 Å². The average molecular weight is 867 g/mol. The summed E-state index contributed by atoms with van der Waals surface area (Å²) in [4.78, 5) is 86.6. The van der Waals surface area contributed by atoms with Crippen molar-refractivity contribution in [2.75, 3.05) is 37.9 Å². The number of hydrogen-bond donors (Lipinski definition) is 6. The van der Waals surface area contributed by atoms with Crippen molar-refractivity contribution in [2.24, 2.45) is 10.8 Å². The number of ether oxygens (including phenoxy) is 2. The summed E-state index contributed by atoms with van der Waals surface area (Å²) >= 11 is 0. The molecule has 0 aromatic heterocycles. The third-order valence-electron chi connectivity index (χ3n) is 11.9. The van der Waals surface area contributed by atoms with Crippen molar-refractivity contribution < 1.29 is 38.2 Å². The van der Waals surface area contributed by atoms with Crippen molar-refractivity contribution in [1.82, 2.24) is 31.1 Å². The summed E-state index contributed by atoms with van der Waals surface area (Å²) in [5.74, 6) is -2.08. The number of carbonyl (C=O) groups excluding carboxylic acids is 6. The number of hydrogen-bond acceptors (Lipinski definition) is 12. The number of fused-ring (bicyclic) bond motifs is 2. The number of likely N-dealkylation sites (N-methyl/N-ethyl adjacent to an activating group) is 2. The van der Waals surface area contributed by atoms with Gasteiger partial charge in [-0.2, -0.15) is 0 Å². The van der Waals surface area contributed by atoms with E-state index in [1.165, 1.54) is 31.4 Å². The molecule has 2 aromatic carbocycles. The molecule has 4 aliphatic rings. The molecule has 16 nitrogen and oxygen atoms in total. The molecule has 1 unspecified atom stereocenters. The number of nitrogens with zero attached hydrogens (tertiary/aromatic N) is 2. The molecule has 60 heavy (non-hydrogen) atoms. The Hall–Kier alpha value is -4.20. The lowest BCUT2D eigenvalue weighted by molar-refractivity contribution is -0.148. The van der Waals surface area contributed by atoms with Gasteiger partial charge in [0.1, 0.15) is 36.6 Å². The Bertz CT molecular complexity index is 1830. The van der Waals surface area contributed by atoms with Crippen LogP contribution in [0.1, 0.15) is 67.2 Å². The van der Waals surface area contributed by atoms with Crippen LogP contribution in [-0.2, 0) is 38.2 Å². The van der Waals surface area contributed by atoms with Gasteiger partial charge in [0.2, 0.25) is 35.4 Å². The van der Waals surface area contributed by atoms with Gasteiger partial charge in [0.15, 0.2) is 0 Å². The largest absolute Gasteiger partial charge is 0.358 e. The van der Waals surface area contributed by atoms with E-state index in [1.54, 1.807) is 40.1 Å². The van der Waals surface area contributed by atoms with Crippen LogP contribution in [0.15, 0.2) is 58.3 Å². The first-order chi connectivity index (χ1) is 28.5. The minimum absolute atomic E-state index is 0.259. The summed E-state index contributed by atoms with van der Waals surface area (Å²) < 4.78 is 12.2. The van der Waals surface area contributed by atoms with Gasteiger partial charge in [-0.05, 0) is 75.9 Å². The predicted octanol–water partition coefficient (Wildman–Crippen LogP) is 3.30. The molecule has 4 fully saturated rings. The summed E-state index contributed by atoms with van der Waals surface area (Å²) in [6.07, 6.45) is 0.259. The van der Waals surface area contributed by atoms with E-state index in [2.05, 4.69) is 31.9 Å². The number of amides is 6. The van der Waals surface area contributed by atoms with E-state index in [9.17, 15) is 28.8 Å². The van der Waals surface area contributed by atoms with Crippen LogP contribution in [-0.4, -0.2) is 121 Å². The molecular formula is C42H58N8O8S2. The molecule has 0 saturated carbocycles. The molecule has 4 heterocycles. The third-order valence-corrected chi connectivity index (χ3v) is 14.4. The smallest absolute Gasteiger partial charge is 0.247 e. The highest BCUT2D eigenvalue weighted by Crippen LogP contribution is 2.47. The molecule has 0 radical (unpaired) electrons. The molecule has 18 heteroatoms. The van der Waals surface area contributed by atoms with Crippen LogP contribution < -0.4 is 31.9 Å². The molecule has 0 spiro atoms. The fourth-order valence-corrected chi connectivity index (χ4v) is 10.6. The maximum absolute atomic E-state index is 14.3. The van der Waals surface area contributed by atoms with Gasteiger partial charge in [0, 0.05) is 22.6 Å². The van der Waals surface area contributed by atoms with Crippen molar-refractivity contribution >= 4 is 68.4 Å². The SMILES string of the molecule is CN[C@@H](C)C(=O)N[C@H]1CCO[C@H]2CC(C)(C)C(C(=O)Nc3ccccc3SSc3ccccc3NC(=O)[C@@H]3N4C(=O)[C@@H](NC(=O)[C@H](C)NC)CCO[C@H]4CC3(C)C)N2C1=O. The molecule has 8 atom stereocenters. The fraction of sp³-hybridized carbons (Fsp3) is 0.571. The maximum atomic E-state index is 14.3. The van der Waals surface area contributed by atoms with Gasteiger partial charge in [0.05, 0.1) is 36.7 Å².